The van der Waals surface area contributed by atoms with E-state index in [0.717, 1.165) is 136 Å². The van der Waals surface area contributed by atoms with Crippen molar-refractivity contribution in [3.05, 3.63) is 103 Å². The zero-order chi connectivity index (χ0) is 66.3. The maximum atomic E-state index is 13.1. The van der Waals surface area contributed by atoms with Gasteiger partial charge in [-0.15, -0.1) is 0 Å². The number of benzene rings is 1. The molecule has 1 saturated carbocycles. The number of pyridine rings is 2. The zero-order valence-electron chi connectivity index (χ0n) is 56.9. The van der Waals surface area contributed by atoms with E-state index in [0.29, 0.717) is 54.4 Å². The number of anilines is 11. The molecule has 7 aromatic rings. The summed E-state index contributed by atoms with van der Waals surface area (Å²) in [5.41, 5.74) is 5.38. The molecular formula is C70H96N20O4. The molecule has 24 heteroatoms. The first-order chi connectivity index (χ1) is 45.3. The second-order valence-corrected chi connectivity index (χ2v) is 27.2. The van der Waals surface area contributed by atoms with Crippen molar-refractivity contribution < 1.29 is 19.1 Å². The Kier molecular flexibility index (Phi) is 20.5. The summed E-state index contributed by atoms with van der Waals surface area (Å²) in [6.45, 7) is 32.7. The van der Waals surface area contributed by atoms with Crippen LogP contribution in [0, 0.1) is 0 Å². The molecule has 5 N–H and O–H groups in total. The lowest BCUT2D eigenvalue weighted by atomic mass is 9.88. The Morgan fingerprint density at radius 2 is 1.00 bits per heavy atom. The van der Waals surface area contributed by atoms with Crippen molar-refractivity contribution in [2.24, 2.45) is 0 Å². The summed E-state index contributed by atoms with van der Waals surface area (Å²) in [7, 11) is 0. The van der Waals surface area contributed by atoms with Crippen molar-refractivity contribution in [1.82, 2.24) is 60.0 Å². The summed E-state index contributed by atoms with van der Waals surface area (Å²) in [5, 5.41) is 17.6. The molecule has 0 atom stereocenters. The van der Waals surface area contributed by atoms with Crippen LogP contribution in [-0.4, -0.2) is 163 Å². The highest BCUT2D eigenvalue weighted by Gasteiger charge is 2.49. The molecule has 6 aromatic heterocycles. The van der Waals surface area contributed by atoms with Gasteiger partial charge in [0.1, 0.15) is 34.5 Å². The van der Waals surface area contributed by atoms with Crippen LogP contribution in [0.4, 0.5) is 68.7 Å². The minimum absolute atomic E-state index is 0.0937. The summed E-state index contributed by atoms with van der Waals surface area (Å²) >= 11 is 0. The third-order valence-corrected chi connectivity index (χ3v) is 19.0. The topological polar surface area (TPSA) is 248 Å². The Hall–Kier alpha value is -8.77. The fourth-order valence-corrected chi connectivity index (χ4v) is 13.3. The first-order valence-corrected chi connectivity index (χ1v) is 34.0. The predicted molar refractivity (Wildman–Crippen MR) is 374 cm³/mol. The van der Waals surface area contributed by atoms with Crippen LogP contribution in [0.3, 0.4) is 0 Å². The van der Waals surface area contributed by atoms with E-state index in [9.17, 15) is 14.4 Å². The third kappa shape index (κ3) is 14.8. The van der Waals surface area contributed by atoms with Gasteiger partial charge in [0.05, 0.1) is 34.6 Å². The Labute approximate surface area is 553 Å². The molecule has 1 aromatic carbocycles. The van der Waals surface area contributed by atoms with E-state index in [-0.39, 0.29) is 30.0 Å². The van der Waals surface area contributed by atoms with E-state index in [4.69, 9.17) is 19.7 Å². The lowest BCUT2D eigenvalue weighted by Gasteiger charge is -2.36. The van der Waals surface area contributed by atoms with Crippen LogP contribution in [-0.2, 0) is 25.2 Å². The molecule has 6 aliphatic rings. The maximum absolute atomic E-state index is 13.1. The molecule has 13 rings (SSSR count). The predicted octanol–water partition coefficient (Wildman–Crippen LogP) is 11.0. The molecule has 11 heterocycles. The highest BCUT2D eigenvalue weighted by atomic mass is 16.6. The van der Waals surface area contributed by atoms with E-state index in [1.165, 1.54) is 31.4 Å². The van der Waals surface area contributed by atoms with Crippen LogP contribution in [0.1, 0.15) is 145 Å². The summed E-state index contributed by atoms with van der Waals surface area (Å²) in [6.07, 6.45) is 19.6. The van der Waals surface area contributed by atoms with Gasteiger partial charge in [-0.25, -0.2) is 29.7 Å². The highest BCUT2D eigenvalue weighted by Crippen LogP contribution is 2.44. The van der Waals surface area contributed by atoms with Gasteiger partial charge in [-0.2, -0.15) is 15.0 Å². The first-order valence-electron chi connectivity index (χ1n) is 34.0. The molecule has 3 amide bonds. The largest absolute Gasteiger partial charge is 0.444 e. The number of fused-ring (bicyclic) bond motifs is 3. The van der Waals surface area contributed by atoms with Gasteiger partial charge in [0.15, 0.2) is 0 Å². The minimum Gasteiger partial charge on any atom is -0.444 e. The molecular weight excluding hydrogens is 1180 g/mol. The number of carbonyl (C=O) groups is 3. The monoisotopic (exact) mass is 1280 g/mol. The second-order valence-electron chi connectivity index (χ2n) is 27.2. The Morgan fingerprint density at radius 3 is 1.47 bits per heavy atom. The number of nitrogens with zero attached hydrogens (tertiary/aromatic N) is 15. The summed E-state index contributed by atoms with van der Waals surface area (Å²) in [5.74, 6) is 4.58. The van der Waals surface area contributed by atoms with Gasteiger partial charge < -0.3 is 55.5 Å². The van der Waals surface area contributed by atoms with Crippen LogP contribution < -0.4 is 51.1 Å². The van der Waals surface area contributed by atoms with Crippen LogP contribution >= 0.6 is 0 Å². The number of nitrogens with one attached hydrogen (secondary N) is 5. The number of aromatic nitrogens is 9. The highest BCUT2D eigenvalue weighted by molar-refractivity contribution is 6.08. The Morgan fingerprint density at radius 1 is 0.553 bits per heavy atom. The van der Waals surface area contributed by atoms with Crippen LogP contribution in [0.5, 0.6) is 0 Å². The van der Waals surface area contributed by atoms with Gasteiger partial charge in [0.25, 0.3) is 0 Å². The zero-order valence-corrected chi connectivity index (χ0v) is 56.9. The number of amides is 3. The van der Waals surface area contributed by atoms with Crippen molar-refractivity contribution in [2.45, 2.75) is 162 Å². The number of ether oxygens (including phenoxy) is 1. The quantitative estimate of drug-likeness (QED) is 0.0603. The van der Waals surface area contributed by atoms with Gasteiger partial charge in [0.2, 0.25) is 29.7 Å². The lowest BCUT2D eigenvalue weighted by molar-refractivity contribution is -0.123. The molecule has 4 fully saturated rings. The Balaban J connectivity index is 0.000000144. The first kappa shape index (κ1) is 66.7. The van der Waals surface area contributed by atoms with Crippen molar-refractivity contribution in [2.75, 3.05) is 119 Å². The molecule has 1 aliphatic carbocycles. The number of rotatable bonds is 16. The molecule has 5 aliphatic heterocycles. The van der Waals surface area contributed by atoms with Gasteiger partial charge in [0, 0.05) is 149 Å². The molecule has 0 radical (unpaired) electrons. The summed E-state index contributed by atoms with van der Waals surface area (Å²) in [4.78, 5) is 87.8. The number of hydrogen-bond donors (Lipinski definition) is 5. The van der Waals surface area contributed by atoms with E-state index in [2.05, 4.69) is 141 Å². The third-order valence-electron chi connectivity index (χ3n) is 19.0. The van der Waals surface area contributed by atoms with E-state index in [1.54, 1.807) is 17.3 Å². The molecule has 0 bridgehead atoms. The average Bonchev–Trinajstić information content (AvgIpc) is 1.67. The van der Waals surface area contributed by atoms with Crippen LogP contribution in [0.2, 0.25) is 0 Å². The fourth-order valence-electron chi connectivity index (χ4n) is 13.3. The smallest absolute Gasteiger partial charge is 0.410 e. The van der Waals surface area contributed by atoms with Gasteiger partial charge in [-0.05, 0) is 142 Å². The summed E-state index contributed by atoms with van der Waals surface area (Å²) < 4.78 is 7.78. The van der Waals surface area contributed by atoms with Crippen molar-refractivity contribution in [1.29, 1.82) is 0 Å². The van der Waals surface area contributed by atoms with E-state index >= 15 is 0 Å². The molecule has 3 saturated heterocycles. The second kappa shape index (κ2) is 28.8. The number of piperazine rings is 3. The van der Waals surface area contributed by atoms with Crippen LogP contribution in [0.15, 0.2) is 91.8 Å². The maximum Gasteiger partial charge on any atom is 0.410 e. The SMILES string of the molecule is CC(C)(C)OC(=O)N1CCN(c2ccc(Nc3ncc4ccn(C5CCCC5)c4n3)nc2)CC1.CCC(CC)N1C(=O)C(C)(C)c2cnc(Nc3ccc(N4CCNCC4)cc3)nc21.CCC(CC)N1C(=O)C(C)(C)c2cnc(Nc3ccc(N4CCNCC4)cn3)nc21. The Bertz CT molecular complexity index is 3560. The van der Waals surface area contributed by atoms with E-state index < -0.39 is 16.4 Å². The molecule has 24 nitrogen and oxygen atoms in total. The lowest BCUT2D eigenvalue weighted by Crippen LogP contribution is -2.50. The summed E-state index contributed by atoms with van der Waals surface area (Å²) in [6, 6.07) is 19.3. The van der Waals surface area contributed by atoms with Crippen molar-refractivity contribution >= 4 is 92.8 Å². The van der Waals surface area contributed by atoms with Crippen molar-refractivity contribution in [3.63, 3.8) is 0 Å². The van der Waals surface area contributed by atoms with Gasteiger partial charge in [-0.3, -0.25) is 19.4 Å². The molecule has 0 spiro atoms. The molecule has 500 valence electrons. The van der Waals surface area contributed by atoms with Gasteiger partial charge >= 0.3 is 6.09 Å². The van der Waals surface area contributed by atoms with Crippen LogP contribution in [0.25, 0.3) is 11.0 Å². The molecule has 0 unspecified atom stereocenters. The molecule has 94 heavy (non-hydrogen) atoms. The standard InChI is InChI=1S/C25H33N7O2.C23H32N6O.C22H31N7O/c1-25(2,3)34-24(33)31-14-12-30(13-15-31)20-8-9-21(26-17-20)28-23-27-16-18-10-11-32(22(18)29-23)19-6-4-5-7-19;1-5-17(6-2)29-20-19(23(3,4)21(29)30)15-25-22(27-20)26-16-7-9-18(10-8-16)28-13-11-24-12-14-28;1-5-15(6-2)29-19-17(22(3,4)20(29)30)14-25-21(27-19)26-18-8-7-16(13-24-18)28-11-9-23-10-12-28/h8-11,16-17,19H,4-7,12-15H2,1-3H3,(H,26,27,28,29);7-10,15,17,24H,5-6,11-14H2,1-4H3,(H,25,26,27);7-8,13-15,23H,5-6,9-12H2,1-4H3,(H,24,25,26,27). The average molecular weight is 1280 g/mol. The van der Waals surface area contributed by atoms with Crippen molar-refractivity contribution in [3.8, 4) is 0 Å². The van der Waals surface area contributed by atoms with E-state index in [1.807, 2.05) is 95.1 Å². The number of hydrogen-bond acceptors (Lipinski definition) is 20. The fraction of sp³-hybridized carbons (Fsp3) is 0.529. The number of carbonyl (C=O) groups excluding carboxylic acids is 3. The normalized spacial score (nSPS) is 17.8. The van der Waals surface area contributed by atoms with Gasteiger partial charge in [-0.1, -0.05) is 40.5 Å². The minimum atomic E-state index is -0.611.